The van der Waals surface area contributed by atoms with Crippen molar-refractivity contribution in [1.29, 1.82) is 0 Å². The Hall–Kier alpha value is -1.84. The van der Waals surface area contributed by atoms with Gasteiger partial charge in [0.25, 0.3) is 0 Å². The summed E-state index contributed by atoms with van der Waals surface area (Å²) < 4.78 is 0. The van der Waals surface area contributed by atoms with Gasteiger partial charge >= 0.3 is 5.97 Å². The smallest absolute Gasteiger partial charge is 0.329 e. The van der Waals surface area contributed by atoms with E-state index in [-0.39, 0.29) is 5.75 Å². The highest BCUT2D eigenvalue weighted by atomic mass is 32.2. The lowest BCUT2D eigenvalue weighted by Gasteiger charge is -2.56. The second kappa shape index (κ2) is 6.47. The number of rotatable bonds is 4. The maximum absolute atomic E-state index is 12.4. The third-order valence-corrected chi connectivity index (χ3v) is 6.34. The maximum Gasteiger partial charge on any atom is 0.329 e. The van der Waals surface area contributed by atoms with Crippen LogP contribution in [0, 0.1) is 0 Å². The van der Waals surface area contributed by atoms with Gasteiger partial charge in [0.2, 0.25) is 11.8 Å². The zero-order valence-corrected chi connectivity index (χ0v) is 14.5. The first kappa shape index (κ1) is 18.0. The summed E-state index contributed by atoms with van der Waals surface area (Å²) in [4.78, 5) is 37.4. The number of carboxylic acids is 1. The number of carbonyl (C=O) groups is 3. The molecule has 1 aliphatic carbocycles. The number of aliphatic hydroxyl groups is 1. The van der Waals surface area contributed by atoms with Crippen LogP contribution in [0.5, 0.6) is 0 Å². The molecule has 5 N–H and O–H groups in total. The molecule has 2 amide bonds. The molecule has 136 valence electrons. The molecule has 0 aromatic heterocycles. The zero-order chi connectivity index (χ0) is 18.4. The summed E-state index contributed by atoms with van der Waals surface area (Å²) >= 11 is 1.25. The number of hydrogen-bond donors (Lipinski definition) is 4. The number of nitrogens with one attached hydrogen (secondary N) is 1. The van der Waals surface area contributed by atoms with Crippen LogP contribution >= 0.6 is 11.8 Å². The van der Waals surface area contributed by atoms with E-state index in [1.165, 1.54) is 18.7 Å². The quantitative estimate of drug-likeness (QED) is 0.377. The van der Waals surface area contributed by atoms with Crippen molar-refractivity contribution in [2.45, 2.75) is 48.9 Å². The largest absolute Gasteiger partial charge is 0.480 e. The van der Waals surface area contributed by atoms with E-state index in [1.807, 2.05) is 18.2 Å². The van der Waals surface area contributed by atoms with Gasteiger partial charge in [-0.3, -0.25) is 9.59 Å². The Morgan fingerprint density at radius 3 is 2.80 bits per heavy atom. The summed E-state index contributed by atoms with van der Waals surface area (Å²) in [6, 6.07) is -2.97. The zero-order valence-electron chi connectivity index (χ0n) is 13.7. The Labute approximate surface area is 149 Å². The van der Waals surface area contributed by atoms with Gasteiger partial charge in [0, 0.05) is 5.75 Å². The molecule has 2 saturated heterocycles. The van der Waals surface area contributed by atoms with Crippen molar-refractivity contribution in [2.24, 2.45) is 5.73 Å². The van der Waals surface area contributed by atoms with Crippen LogP contribution < -0.4 is 11.1 Å². The average molecular weight is 367 g/mol. The molecule has 2 unspecified atom stereocenters. The Balaban J connectivity index is 1.68. The van der Waals surface area contributed by atoms with Gasteiger partial charge in [0.15, 0.2) is 6.04 Å². The van der Waals surface area contributed by atoms with Crippen molar-refractivity contribution in [3.63, 3.8) is 0 Å². The Morgan fingerprint density at radius 1 is 1.48 bits per heavy atom. The van der Waals surface area contributed by atoms with E-state index in [2.05, 4.69) is 5.32 Å². The minimum absolute atomic E-state index is 0.160. The molecule has 3 rings (SSSR count). The standard InChI is InChI=1S/C16H21N3O5S/c1-16(24)7-25-14-10(13(21)19(14)11(16)15(22)23)18-12(20)9(17)8-5-3-2-4-6-8/h2-3,6,9-11,14,24H,4-5,7,17H2,1H3,(H,18,20)(H,22,23)/t9-,10-,11?,14-,16?/m1/s1. The highest BCUT2D eigenvalue weighted by molar-refractivity contribution is 8.00. The van der Waals surface area contributed by atoms with E-state index in [4.69, 9.17) is 5.73 Å². The van der Waals surface area contributed by atoms with Gasteiger partial charge in [-0.15, -0.1) is 11.8 Å². The lowest BCUT2D eigenvalue weighted by atomic mass is 9.91. The number of aliphatic carboxylic acids is 1. The van der Waals surface area contributed by atoms with Gasteiger partial charge in [-0.05, 0) is 25.3 Å². The lowest BCUT2D eigenvalue weighted by Crippen LogP contribution is -2.79. The highest BCUT2D eigenvalue weighted by Crippen LogP contribution is 2.42. The third-order valence-electron chi connectivity index (χ3n) is 4.74. The second-order valence-corrected chi connectivity index (χ2v) is 7.80. The van der Waals surface area contributed by atoms with Gasteiger partial charge in [-0.2, -0.15) is 0 Å². The fourth-order valence-electron chi connectivity index (χ4n) is 3.37. The molecule has 0 aromatic rings. The number of carboxylic acid groups (broad SMARTS) is 1. The molecule has 25 heavy (non-hydrogen) atoms. The minimum Gasteiger partial charge on any atom is -0.480 e. The molecular weight excluding hydrogens is 346 g/mol. The average Bonchev–Trinajstić information content (AvgIpc) is 2.58. The number of thioether (sulfide) groups is 1. The van der Waals surface area contributed by atoms with Crippen molar-refractivity contribution in [3.8, 4) is 0 Å². The summed E-state index contributed by atoms with van der Waals surface area (Å²) in [6.45, 7) is 1.40. The molecule has 2 fully saturated rings. The van der Waals surface area contributed by atoms with Gasteiger partial charge in [-0.1, -0.05) is 18.2 Å². The second-order valence-electron chi connectivity index (χ2n) is 6.70. The molecule has 0 aromatic carbocycles. The molecular formula is C16H21N3O5S. The summed E-state index contributed by atoms with van der Waals surface area (Å²) in [6.07, 6.45) is 7.14. The van der Waals surface area contributed by atoms with Crippen LogP contribution in [0.3, 0.4) is 0 Å². The number of allylic oxidation sites excluding steroid dienone is 3. The number of nitrogens with two attached hydrogens (primary N) is 1. The van der Waals surface area contributed by atoms with Gasteiger partial charge in [0.1, 0.15) is 23.1 Å². The lowest BCUT2D eigenvalue weighted by molar-refractivity contribution is -0.174. The fraction of sp³-hybridized carbons (Fsp3) is 0.562. The Morgan fingerprint density at radius 2 is 2.20 bits per heavy atom. The number of amides is 2. The summed E-state index contributed by atoms with van der Waals surface area (Å²) in [5.74, 6) is -2.07. The predicted octanol–water partition coefficient (Wildman–Crippen LogP) is -0.806. The van der Waals surface area contributed by atoms with E-state index < -0.39 is 46.9 Å². The number of β-lactam (4-membered cyclic amide) rings is 1. The van der Waals surface area contributed by atoms with E-state index in [0.717, 1.165) is 16.9 Å². The molecule has 3 aliphatic rings. The molecule has 2 aliphatic heterocycles. The van der Waals surface area contributed by atoms with Crippen molar-refractivity contribution in [2.75, 3.05) is 5.75 Å². The number of hydrogen-bond acceptors (Lipinski definition) is 6. The van der Waals surface area contributed by atoms with Crippen LogP contribution in [0.4, 0.5) is 0 Å². The predicted molar refractivity (Wildman–Crippen MR) is 91.5 cm³/mol. The van der Waals surface area contributed by atoms with Crippen molar-refractivity contribution in [3.05, 3.63) is 23.8 Å². The molecule has 0 spiro atoms. The maximum atomic E-state index is 12.4. The Kier molecular flexibility index (Phi) is 4.65. The molecule has 0 saturated carbocycles. The highest BCUT2D eigenvalue weighted by Gasteiger charge is 2.61. The monoisotopic (exact) mass is 367 g/mol. The summed E-state index contributed by atoms with van der Waals surface area (Å²) in [5.41, 5.74) is 5.25. The molecule has 0 bridgehead atoms. The first-order chi connectivity index (χ1) is 11.7. The summed E-state index contributed by atoms with van der Waals surface area (Å²) in [5, 5.41) is 21.7. The fourth-order valence-corrected chi connectivity index (χ4v) is 4.80. The SMILES string of the molecule is CC1(O)CS[C@@H]2[C@H](NC(=O)[C@H](N)C3=CCC=CC3)C(=O)N2C1C(=O)O. The first-order valence-corrected chi connectivity index (χ1v) is 9.08. The first-order valence-electron chi connectivity index (χ1n) is 8.03. The number of carbonyl (C=O) groups excluding carboxylic acids is 2. The van der Waals surface area contributed by atoms with Crippen molar-refractivity contribution < 1.29 is 24.6 Å². The van der Waals surface area contributed by atoms with Crippen LogP contribution in [-0.2, 0) is 14.4 Å². The van der Waals surface area contributed by atoms with E-state index in [9.17, 15) is 24.6 Å². The summed E-state index contributed by atoms with van der Waals surface area (Å²) in [7, 11) is 0. The molecule has 2 heterocycles. The van der Waals surface area contributed by atoms with Crippen molar-refractivity contribution in [1.82, 2.24) is 10.2 Å². The number of fused-ring (bicyclic) bond motifs is 1. The molecule has 5 atom stereocenters. The van der Waals surface area contributed by atoms with Crippen LogP contribution in [0.15, 0.2) is 23.8 Å². The topological polar surface area (TPSA) is 133 Å². The molecule has 0 radical (unpaired) electrons. The van der Waals surface area contributed by atoms with Crippen molar-refractivity contribution >= 4 is 29.5 Å². The van der Waals surface area contributed by atoms with E-state index in [0.29, 0.717) is 6.42 Å². The van der Waals surface area contributed by atoms with E-state index in [1.54, 1.807) is 0 Å². The molecule has 8 nitrogen and oxygen atoms in total. The van der Waals surface area contributed by atoms with E-state index >= 15 is 0 Å². The van der Waals surface area contributed by atoms with Crippen LogP contribution in [-0.4, -0.2) is 67.7 Å². The van der Waals surface area contributed by atoms with Gasteiger partial charge < -0.3 is 26.2 Å². The number of nitrogens with zero attached hydrogens (tertiary/aromatic N) is 1. The normalized spacial score (nSPS) is 35.3. The van der Waals surface area contributed by atoms with Gasteiger partial charge in [0.05, 0.1) is 0 Å². The van der Waals surface area contributed by atoms with Crippen LogP contribution in [0.25, 0.3) is 0 Å². The van der Waals surface area contributed by atoms with Crippen LogP contribution in [0.1, 0.15) is 19.8 Å². The minimum atomic E-state index is -1.52. The van der Waals surface area contributed by atoms with Gasteiger partial charge in [-0.25, -0.2) is 4.79 Å². The van der Waals surface area contributed by atoms with Crippen LogP contribution in [0.2, 0.25) is 0 Å². The molecule has 9 heteroatoms. The Bertz CT molecular complexity index is 675. The third kappa shape index (κ3) is 3.07.